The normalized spacial score (nSPS) is 29.9. The average Bonchev–Trinajstić information content (AvgIpc) is 2.53. The summed E-state index contributed by atoms with van der Waals surface area (Å²) < 4.78 is 0. The van der Waals surface area contributed by atoms with Crippen LogP contribution in [0, 0.1) is 5.92 Å². The fraction of sp³-hybridized carbons (Fsp3) is 0.611. The highest BCUT2D eigenvalue weighted by Gasteiger charge is 2.39. The number of nitrogens with zero attached hydrogens (tertiary/aromatic N) is 1. The van der Waals surface area contributed by atoms with Crippen LogP contribution in [0.3, 0.4) is 0 Å². The Labute approximate surface area is 127 Å². The summed E-state index contributed by atoms with van der Waals surface area (Å²) in [7, 11) is 0. The molecule has 21 heavy (non-hydrogen) atoms. The second-order valence-electron chi connectivity index (χ2n) is 6.52. The maximum Gasteiger partial charge on any atom is 0.321 e. The molecule has 0 aromatic heterocycles. The van der Waals surface area contributed by atoms with Gasteiger partial charge in [-0.1, -0.05) is 50.5 Å². The van der Waals surface area contributed by atoms with Crippen molar-refractivity contribution >= 4 is 5.97 Å². The van der Waals surface area contributed by atoms with Gasteiger partial charge in [0.25, 0.3) is 0 Å². The van der Waals surface area contributed by atoms with Crippen molar-refractivity contribution in [2.45, 2.75) is 64.1 Å². The molecule has 0 spiro atoms. The number of fused-ring (bicyclic) bond motifs is 1. The molecule has 1 saturated carbocycles. The number of carboxylic acids is 1. The van der Waals surface area contributed by atoms with E-state index in [1.54, 1.807) is 0 Å². The van der Waals surface area contributed by atoms with Crippen LogP contribution in [0.2, 0.25) is 0 Å². The van der Waals surface area contributed by atoms with Gasteiger partial charge in [0.15, 0.2) is 0 Å². The van der Waals surface area contributed by atoms with E-state index >= 15 is 0 Å². The van der Waals surface area contributed by atoms with Crippen LogP contribution in [0.5, 0.6) is 0 Å². The zero-order valence-electron chi connectivity index (χ0n) is 12.8. The summed E-state index contributed by atoms with van der Waals surface area (Å²) >= 11 is 0. The van der Waals surface area contributed by atoms with E-state index in [2.05, 4.69) is 30.0 Å². The molecule has 0 radical (unpaired) electrons. The molecule has 2 aliphatic rings. The van der Waals surface area contributed by atoms with Gasteiger partial charge in [-0.2, -0.15) is 0 Å². The third kappa shape index (κ3) is 2.84. The maximum atomic E-state index is 11.8. The Kier molecular flexibility index (Phi) is 4.29. The Hall–Kier alpha value is -1.35. The van der Waals surface area contributed by atoms with Crippen LogP contribution in [0.4, 0.5) is 0 Å². The standard InChI is InChI=1S/C18H25NO2/c1-2-13-7-5-6-10-16(13)19-12-15-9-4-3-8-14(15)11-17(19)18(20)21/h3-4,8-9,13,16-17H,2,5-7,10-12H2,1H3,(H,20,21)/t13?,16?,17-/m0/s1. The van der Waals surface area contributed by atoms with Gasteiger partial charge in [0.1, 0.15) is 6.04 Å². The monoisotopic (exact) mass is 287 g/mol. The highest BCUT2D eigenvalue weighted by molar-refractivity contribution is 5.74. The minimum Gasteiger partial charge on any atom is -0.480 e. The van der Waals surface area contributed by atoms with Gasteiger partial charge in [0.2, 0.25) is 0 Å². The molecule has 0 saturated heterocycles. The first-order valence-electron chi connectivity index (χ1n) is 8.26. The van der Waals surface area contributed by atoms with Gasteiger partial charge in [-0.3, -0.25) is 9.69 Å². The van der Waals surface area contributed by atoms with Gasteiger partial charge in [-0.15, -0.1) is 0 Å². The van der Waals surface area contributed by atoms with Crippen LogP contribution in [-0.4, -0.2) is 28.1 Å². The summed E-state index contributed by atoms with van der Waals surface area (Å²) in [6.45, 7) is 3.05. The Morgan fingerprint density at radius 3 is 2.67 bits per heavy atom. The second kappa shape index (κ2) is 6.18. The first-order valence-corrected chi connectivity index (χ1v) is 8.26. The zero-order valence-corrected chi connectivity index (χ0v) is 12.8. The lowest BCUT2D eigenvalue weighted by molar-refractivity contribution is -0.146. The van der Waals surface area contributed by atoms with Crippen molar-refractivity contribution in [3.8, 4) is 0 Å². The van der Waals surface area contributed by atoms with Gasteiger partial charge in [0, 0.05) is 12.6 Å². The molecule has 0 bridgehead atoms. The van der Waals surface area contributed by atoms with Crippen molar-refractivity contribution in [3.05, 3.63) is 35.4 Å². The van der Waals surface area contributed by atoms with E-state index in [0.717, 1.165) is 19.4 Å². The van der Waals surface area contributed by atoms with Crippen molar-refractivity contribution in [3.63, 3.8) is 0 Å². The van der Waals surface area contributed by atoms with Gasteiger partial charge < -0.3 is 5.11 Å². The van der Waals surface area contributed by atoms with Crippen LogP contribution >= 0.6 is 0 Å². The van der Waals surface area contributed by atoms with Crippen LogP contribution in [0.1, 0.15) is 50.2 Å². The molecule has 114 valence electrons. The number of carboxylic acid groups (broad SMARTS) is 1. The molecular weight excluding hydrogens is 262 g/mol. The number of aliphatic carboxylic acids is 1. The molecule has 3 atom stereocenters. The minimum absolute atomic E-state index is 0.350. The van der Waals surface area contributed by atoms with Gasteiger partial charge in [0.05, 0.1) is 0 Å². The summed E-state index contributed by atoms with van der Waals surface area (Å²) in [6.07, 6.45) is 6.77. The average molecular weight is 287 g/mol. The van der Waals surface area contributed by atoms with E-state index in [-0.39, 0.29) is 6.04 Å². The molecule has 0 amide bonds. The molecule has 1 aliphatic heterocycles. The van der Waals surface area contributed by atoms with Crippen LogP contribution in [-0.2, 0) is 17.8 Å². The fourth-order valence-corrected chi connectivity index (χ4v) is 4.22. The highest BCUT2D eigenvalue weighted by Crippen LogP contribution is 2.35. The van der Waals surface area contributed by atoms with Crippen LogP contribution in [0.25, 0.3) is 0 Å². The third-order valence-corrected chi connectivity index (χ3v) is 5.39. The number of carbonyl (C=O) groups is 1. The molecule has 3 heteroatoms. The summed E-state index contributed by atoms with van der Waals surface area (Å²) in [5.41, 5.74) is 2.53. The van der Waals surface area contributed by atoms with Crippen LogP contribution < -0.4 is 0 Å². The van der Waals surface area contributed by atoms with E-state index in [4.69, 9.17) is 0 Å². The molecule has 3 nitrogen and oxygen atoms in total. The summed E-state index contributed by atoms with van der Waals surface area (Å²) in [6, 6.07) is 8.42. The minimum atomic E-state index is -0.662. The fourth-order valence-electron chi connectivity index (χ4n) is 4.22. The molecule has 1 aliphatic carbocycles. The lowest BCUT2D eigenvalue weighted by Gasteiger charge is -2.45. The molecule has 3 rings (SSSR count). The van der Waals surface area contributed by atoms with Crippen LogP contribution in [0.15, 0.2) is 24.3 Å². The molecule has 1 N–H and O–H groups in total. The third-order valence-electron chi connectivity index (χ3n) is 5.39. The number of rotatable bonds is 3. The first-order chi connectivity index (χ1) is 10.2. The maximum absolute atomic E-state index is 11.8. The SMILES string of the molecule is CCC1CCCCC1N1Cc2ccccc2C[C@H]1C(=O)O. The Morgan fingerprint density at radius 2 is 1.95 bits per heavy atom. The Balaban J connectivity index is 1.89. The molecule has 1 heterocycles. The van der Waals surface area contributed by atoms with E-state index in [1.165, 1.54) is 30.4 Å². The Bertz CT molecular complexity index is 514. The lowest BCUT2D eigenvalue weighted by atomic mass is 9.79. The number of hydrogen-bond donors (Lipinski definition) is 1. The zero-order chi connectivity index (χ0) is 14.8. The first kappa shape index (κ1) is 14.6. The Morgan fingerprint density at radius 1 is 1.24 bits per heavy atom. The summed E-state index contributed by atoms with van der Waals surface area (Å²) in [5, 5.41) is 9.68. The smallest absolute Gasteiger partial charge is 0.321 e. The van der Waals surface area contributed by atoms with E-state index in [0.29, 0.717) is 18.4 Å². The van der Waals surface area contributed by atoms with Gasteiger partial charge >= 0.3 is 5.97 Å². The molecule has 1 fully saturated rings. The van der Waals surface area contributed by atoms with Gasteiger partial charge in [-0.05, 0) is 36.3 Å². The summed E-state index contributed by atoms with van der Waals surface area (Å²) in [4.78, 5) is 14.1. The van der Waals surface area contributed by atoms with E-state index < -0.39 is 5.97 Å². The van der Waals surface area contributed by atoms with Crippen molar-refractivity contribution in [2.24, 2.45) is 5.92 Å². The number of hydrogen-bond acceptors (Lipinski definition) is 2. The quantitative estimate of drug-likeness (QED) is 0.925. The van der Waals surface area contributed by atoms with Gasteiger partial charge in [-0.25, -0.2) is 0 Å². The molecule has 2 unspecified atom stereocenters. The van der Waals surface area contributed by atoms with Crippen molar-refractivity contribution in [1.29, 1.82) is 0 Å². The largest absolute Gasteiger partial charge is 0.480 e. The highest BCUT2D eigenvalue weighted by atomic mass is 16.4. The molecule has 1 aromatic carbocycles. The molecule has 1 aromatic rings. The molecular formula is C18H25NO2. The van der Waals surface area contributed by atoms with Crippen molar-refractivity contribution < 1.29 is 9.90 Å². The number of benzene rings is 1. The predicted molar refractivity (Wildman–Crippen MR) is 83.1 cm³/mol. The van der Waals surface area contributed by atoms with Crippen molar-refractivity contribution in [1.82, 2.24) is 4.90 Å². The van der Waals surface area contributed by atoms with E-state index in [9.17, 15) is 9.90 Å². The lowest BCUT2D eigenvalue weighted by Crippen LogP contribution is -2.53. The summed E-state index contributed by atoms with van der Waals surface area (Å²) in [5.74, 6) is -0.00390. The van der Waals surface area contributed by atoms with E-state index in [1.807, 2.05) is 6.07 Å². The van der Waals surface area contributed by atoms with Crippen molar-refractivity contribution in [2.75, 3.05) is 0 Å². The topological polar surface area (TPSA) is 40.5 Å². The second-order valence-corrected chi connectivity index (χ2v) is 6.52. The predicted octanol–water partition coefficient (Wildman–Crippen LogP) is 3.47.